The van der Waals surface area contributed by atoms with E-state index in [0.717, 1.165) is 11.3 Å². The van der Waals surface area contributed by atoms with Gasteiger partial charge in [0, 0.05) is 6.92 Å². The topological polar surface area (TPSA) is 128 Å². The Kier molecular flexibility index (Phi) is 5.34. The minimum Gasteiger partial charge on any atom is -0.461 e. The van der Waals surface area contributed by atoms with E-state index in [1.807, 2.05) is 11.6 Å². The summed E-state index contributed by atoms with van der Waals surface area (Å²) in [7, 11) is -4.30. The maximum atomic E-state index is 12.5. The summed E-state index contributed by atoms with van der Waals surface area (Å²) in [5.74, 6) is -2.10. The number of carbonyl (C=O) groups excluding carboxylic acids is 2. The average Bonchev–Trinajstić information content (AvgIpc) is 3.10. The normalized spacial score (nSPS) is 11.3. The Labute approximate surface area is 142 Å². The summed E-state index contributed by atoms with van der Waals surface area (Å²) in [6.07, 6.45) is 0.603. The van der Waals surface area contributed by atoms with E-state index < -0.39 is 27.7 Å². The number of esters is 1. The van der Waals surface area contributed by atoms with Crippen LogP contribution in [0, 0.1) is 13.8 Å². The predicted molar refractivity (Wildman–Crippen MR) is 83.3 cm³/mol. The van der Waals surface area contributed by atoms with Gasteiger partial charge in [0.25, 0.3) is 15.8 Å². The predicted octanol–water partition coefficient (Wildman–Crippen LogP) is 1.43. The second-order valence-corrected chi connectivity index (χ2v) is 7.28. The minimum atomic E-state index is -4.30. The second-order valence-electron chi connectivity index (χ2n) is 4.78. The van der Waals surface area contributed by atoms with Gasteiger partial charge in [-0.25, -0.2) is 17.9 Å². The molecule has 0 saturated heterocycles. The first kappa shape index (κ1) is 18.1. The van der Waals surface area contributed by atoms with Crippen LogP contribution in [-0.4, -0.2) is 37.0 Å². The number of carbonyl (C=O) groups is 2. The monoisotopic (exact) mass is 373 g/mol. The lowest BCUT2D eigenvalue weighted by Crippen LogP contribution is -2.32. The van der Waals surface area contributed by atoms with Crippen molar-refractivity contribution in [3.05, 3.63) is 27.5 Å². The number of nitrogens with zero attached hydrogens (tertiary/aromatic N) is 2. The molecule has 0 atom stereocenters. The molecular weight excluding hydrogens is 358 g/mol. The van der Waals surface area contributed by atoms with Crippen LogP contribution in [0.25, 0.3) is 0 Å². The van der Waals surface area contributed by atoms with E-state index in [1.165, 1.54) is 19.2 Å². The number of aromatic nitrogens is 2. The Bertz CT molecular complexity index is 868. The Hall–Kier alpha value is -2.27. The maximum Gasteiger partial charge on any atom is 0.349 e. The number of rotatable bonds is 6. The number of amides is 1. The SMILES string of the molecule is CCCOC(=O)c1scc(C)c1S(=O)(=O)NC(=O)c1noc(C)n1. The van der Waals surface area contributed by atoms with Crippen molar-refractivity contribution in [2.45, 2.75) is 32.1 Å². The van der Waals surface area contributed by atoms with E-state index in [2.05, 4.69) is 14.7 Å². The molecule has 1 N–H and O–H groups in total. The highest BCUT2D eigenvalue weighted by Gasteiger charge is 2.30. The minimum absolute atomic E-state index is 0.0921. The van der Waals surface area contributed by atoms with Crippen LogP contribution < -0.4 is 4.72 Å². The van der Waals surface area contributed by atoms with E-state index in [-0.39, 0.29) is 22.3 Å². The number of nitrogens with one attached hydrogen (secondary N) is 1. The molecule has 24 heavy (non-hydrogen) atoms. The summed E-state index contributed by atoms with van der Waals surface area (Å²) in [5, 5.41) is 4.85. The van der Waals surface area contributed by atoms with Crippen LogP contribution in [0.1, 0.15) is 45.1 Å². The van der Waals surface area contributed by atoms with Crippen LogP contribution in [0.5, 0.6) is 0 Å². The molecule has 0 aliphatic heterocycles. The molecule has 0 aliphatic carbocycles. The molecule has 2 aromatic heterocycles. The lowest BCUT2D eigenvalue weighted by molar-refractivity contribution is 0.0506. The molecule has 130 valence electrons. The standard InChI is InChI=1S/C13H15N3O6S2/c1-4-5-21-13(18)9-10(7(2)6-23-9)24(19,20)16-12(17)11-14-8(3)22-15-11/h6H,4-5H2,1-3H3,(H,16,17). The van der Waals surface area contributed by atoms with Crippen LogP contribution in [0.4, 0.5) is 0 Å². The smallest absolute Gasteiger partial charge is 0.349 e. The fraction of sp³-hybridized carbons (Fsp3) is 0.385. The van der Waals surface area contributed by atoms with Crippen LogP contribution in [-0.2, 0) is 14.8 Å². The number of ether oxygens (including phenoxy) is 1. The number of thiophene rings is 1. The third-order valence-electron chi connectivity index (χ3n) is 2.77. The van der Waals surface area contributed by atoms with Gasteiger partial charge in [-0.1, -0.05) is 12.1 Å². The molecule has 0 saturated carbocycles. The van der Waals surface area contributed by atoms with E-state index in [9.17, 15) is 18.0 Å². The summed E-state index contributed by atoms with van der Waals surface area (Å²) < 4.78 is 36.4. The molecule has 0 aromatic carbocycles. The third-order valence-corrected chi connectivity index (χ3v) is 5.49. The van der Waals surface area contributed by atoms with Gasteiger partial charge in [-0.3, -0.25) is 4.79 Å². The Morgan fingerprint density at radius 3 is 2.67 bits per heavy atom. The zero-order valence-corrected chi connectivity index (χ0v) is 14.8. The molecule has 0 bridgehead atoms. The van der Waals surface area contributed by atoms with Crippen molar-refractivity contribution < 1.29 is 27.3 Å². The summed E-state index contributed by atoms with van der Waals surface area (Å²) in [4.78, 5) is 27.2. The van der Waals surface area contributed by atoms with Gasteiger partial charge in [-0.2, -0.15) is 4.98 Å². The van der Waals surface area contributed by atoms with E-state index >= 15 is 0 Å². The summed E-state index contributed by atoms with van der Waals surface area (Å²) >= 11 is 0.934. The first-order chi connectivity index (χ1) is 11.3. The van der Waals surface area contributed by atoms with Crippen LogP contribution in [0.2, 0.25) is 0 Å². The van der Waals surface area contributed by atoms with Crippen molar-refractivity contribution in [3.63, 3.8) is 0 Å². The molecular formula is C13H15N3O6S2. The lowest BCUT2D eigenvalue weighted by Gasteiger charge is -2.08. The first-order valence-corrected chi connectivity index (χ1v) is 9.25. The highest BCUT2D eigenvalue weighted by Crippen LogP contribution is 2.27. The zero-order valence-electron chi connectivity index (χ0n) is 13.2. The fourth-order valence-electron chi connectivity index (χ4n) is 1.78. The van der Waals surface area contributed by atoms with Crippen LogP contribution in [0.3, 0.4) is 0 Å². The van der Waals surface area contributed by atoms with Crippen molar-refractivity contribution in [3.8, 4) is 0 Å². The van der Waals surface area contributed by atoms with E-state index in [0.29, 0.717) is 12.0 Å². The Morgan fingerprint density at radius 1 is 1.38 bits per heavy atom. The average molecular weight is 373 g/mol. The highest BCUT2D eigenvalue weighted by molar-refractivity contribution is 7.90. The van der Waals surface area contributed by atoms with Crippen molar-refractivity contribution in [2.24, 2.45) is 0 Å². The molecule has 2 aromatic rings. The molecule has 11 heteroatoms. The summed E-state index contributed by atoms with van der Waals surface area (Å²) in [5.41, 5.74) is 0.327. The van der Waals surface area contributed by atoms with Gasteiger partial charge < -0.3 is 9.26 Å². The fourth-order valence-corrected chi connectivity index (χ4v) is 4.41. The molecule has 0 spiro atoms. The maximum absolute atomic E-state index is 12.5. The number of aryl methyl sites for hydroxylation is 2. The quantitative estimate of drug-likeness (QED) is 0.753. The third kappa shape index (κ3) is 3.79. The Balaban J connectivity index is 2.31. The van der Waals surface area contributed by atoms with Crippen molar-refractivity contribution in [1.82, 2.24) is 14.9 Å². The Morgan fingerprint density at radius 2 is 2.08 bits per heavy atom. The van der Waals surface area contributed by atoms with Crippen LogP contribution >= 0.6 is 11.3 Å². The van der Waals surface area contributed by atoms with Gasteiger partial charge in [0.1, 0.15) is 9.77 Å². The van der Waals surface area contributed by atoms with E-state index in [4.69, 9.17) is 4.74 Å². The summed E-state index contributed by atoms with van der Waals surface area (Å²) in [6, 6.07) is 0. The zero-order chi connectivity index (χ0) is 17.9. The van der Waals surface area contributed by atoms with Gasteiger partial charge >= 0.3 is 11.9 Å². The molecule has 0 aliphatic rings. The highest BCUT2D eigenvalue weighted by atomic mass is 32.2. The lowest BCUT2D eigenvalue weighted by atomic mass is 10.3. The second kappa shape index (κ2) is 7.09. The van der Waals surface area contributed by atoms with Crippen molar-refractivity contribution in [1.29, 1.82) is 0 Å². The van der Waals surface area contributed by atoms with Gasteiger partial charge in [-0.15, -0.1) is 11.3 Å². The number of sulfonamides is 1. The van der Waals surface area contributed by atoms with Gasteiger partial charge in [-0.05, 0) is 24.3 Å². The van der Waals surface area contributed by atoms with Crippen LogP contribution in [0.15, 0.2) is 14.8 Å². The van der Waals surface area contributed by atoms with Gasteiger partial charge in [0.15, 0.2) is 0 Å². The molecule has 1 amide bonds. The number of hydrogen-bond acceptors (Lipinski definition) is 9. The summed E-state index contributed by atoms with van der Waals surface area (Å²) in [6.45, 7) is 4.97. The largest absolute Gasteiger partial charge is 0.461 e. The molecule has 0 radical (unpaired) electrons. The molecule has 0 unspecified atom stereocenters. The first-order valence-electron chi connectivity index (χ1n) is 6.89. The molecule has 2 rings (SSSR count). The van der Waals surface area contributed by atoms with Crippen molar-refractivity contribution in [2.75, 3.05) is 6.61 Å². The van der Waals surface area contributed by atoms with Crippen molar-refractivity contribution >= 4 is 33.2 Å². The molecule has 0 fully saturated rings. The molecule has 2 heterocycles. The van der Waals surface area contributed by atoms with E-state index in [1.54, 1.807) is 0 Å². The van der Waals surface area contributed by atoms with Gasteiger partial charge in [0.2, 0.25) is 5.89 Å². The van der Waals surface area contributed by atoms with Gasteiger partial charge in [0.05, 0.1) is 6.61 Å². The molecule has 9 nitrogen and oxygen atoms in total. The number of hydrogen-bond donors (Lipinski definition) is 1.